The third kappa shape index (κ3) is 7.82. The molecule has 0 aliphatic rings. The molecule has 5 nitrogen and oxygen atoms in total. The number of unbranched alkanes of at least 4 members (excludes halogenated alkanes) is 3. The summed E-state index contributed by atoms with van der Waals surface area (Å²) < 4.78 is 37.3. The fourth-order valence-electron chi connectivity index (χ4n) is 2.14. The largest absolute Gasteiger partial charge is 0.416 e. The van der Waals surface area contributed by atoms with Gasteiger partial charge in [0.1, 0.15) is 0 Å². The average Bonchev–Trinajstić information content (AvgIpc) is 2.56. The van der Waals surface area contributed by atoms with Crippen molar-refractivity contribution in [2.45, 2.75) is 44.7 Å². The van der Waals surface area contributed by atoms with Crippen LogP contribution in [-0.4, -0.2) is 24.6 Å². The van der Waals surface area contributed by atoms with Crippen LogP contribution in [0.3, 0.4) is 0 Å². The Kier molecular flexibility index (Phi) is 8.10. The summed E-state index contributed by atoms with van der Waals surface area (Å²) in [7, 11) is 1.40. The fourth-order valence-corrected chi connectivity index (χ4v) is 2.14. The van der Waals surface area contributed by atoms with Gasteiger partial charge in [0, 0.05) is 25.6 Å². The van der Waals surface area contributed by atoms with Gasteiger partial charge in [0.05, 0.1) is 5.56 Å². The zero-order chi connectivity index (χ0) is 18.9. The topological polar surface area (TPSA) is 75.3 Å². The molecule has 2 amide bonds. The summed E-state index contributed by atoms with van der Waals surface area (Å²) in [4.78, 5) is 34.0. The molecular weight excluding hydrogens is 337 g/mol. The minimum atomic E-state index is -4.40. The van der Waals surface area contributed by atoms with Gasteiger partial charge >= 0.3 is 6.18 Å². The third-order valence-corrected chi connectivity index (χ3v) is 3.53. The molecule has 1 aromatic rings. The standard InChI is InChI=1S/C17H21F3N2O3/c1-21-16(25)14(23)6-4-2-3-5-7-15(24)22-13-10-8-12(9-11-13)17(18,19)20/h8-11H,2-7H2,1H3,(H,21,25)(H,22,24). The lowest BCUT2D eigenvalue weighted by molar-refractivity contribution is -0.137. The highest BCUT2D eigenvalue weighted by Gasteiger charge is 2.29. The number of Topliss-reactive ketones (excluding diaryl/α,β-unsaturated/α-hetero) is 1. The number of carbonyl (C=O) groups excluding carboxylic acids is 3. The van der Waals surface area contributed by atoms with Crippen molar-refractivity contribution in [3.8, 4) is 0 Å². The Bertz CT molecular complexity index is 598. The van der Waals surface area contributed by atoms with E-state index in [0.717, 1.165) is 25.0 Å². The molecule has 0 saturated heterocycles. The summed E-state index contributed by atoms with van der Waals surface area (Å²) in [5.41, 5.74) is -0.453. The summed E-state index contributed by atoms with van der Waals surface area (Å²) in [6.45, 7) is 0. The van der Waals surface area contributed by atoms with Gasteiger partial charge in [-0.2, -0.15) is 13.2 Å². The third-order valence-electron chi connectivity index (χ3n) is 3.53. The quantitative estimate of drug-likeness (QED) is 0.525. The molecule has 0 unspecified atom stereocenters. The molecule has 0 aliphatic heterocycles. The molecule has 1 rings (SSSR count). The van der Waals surface area contributed by atoms with E-state index in [9.17, 15) is 27.6 Å². The summed E-state index contributed by atoms with van der Waals surface area (Å²) in [6.07, 6.45) is -1.37. The Balaban J connectivity index is 2.21. The first kappa shape index (κ1) is 20.7. The van der Waals surface area contributed by atoms with Crippen molar-refractivity contribution < 1.29 is 27.6 Å². The maximum atomic E-state index is 12.4. The Morgan fingerprint density at radius 2 is 1.48 bits per heavy atom. The predicted octanol–water partition coefficient (Wildman–Crippen LogP) is 3.30. The molecular formula is C17H21F3N2O3. The zero-order valence-corrected chi connectivity index (χ0v) is 13.9. The van der Waals surface area contributed by atoms with Crippen molar-refractivity contribution in [3.63, 3.8) is 0 Å². The molecule has 1 aromatic carbocycles. The van der Waals surface area contributed by atoms with E-state index in [0.29, 0.717) is 18.5 Å². The number of anilines is 1. The van der Waals surface area contributed by atoms with E-state index in [-0.39, 0.29) is 18.7 Å². The number of rotatable bonds is 9. The highest BCUT2D eigenvalue weighted by atomic mass is 19.4. The number of amides is 2. The molecule has 0 atom stereocenters. The van der Waals surface area contributed by atoms with Crippen LogP contribution in [0.15, 0.2) is 24.3 Å². The molecule has 0 aromatic heterocycles. The van der Waals surface area contributed by atoms with Gasteiger partial charge in [-0.15, -0.1) is 0 Å². The van der Waals surface area contributed by atoms with Gasteiger partial charge in [-0.1, -0.05) is 12.8 Å². The SMILES string of the molecule is CNC(=O)C(=O)CCCCCCC(=O)Nc1ccc(C(F)(F)F)cc1. The molecule has 0 fully saturated rings. The van der Waals surface area contributed by atoms with Crippen LogP contribution in [0.5, 0.6) is 0 Å². The maximum absolute atomic E-state index is 12.4. The number of alkyl halides is 3. The van der Waals surface area contributed by atoms with E-state index in [1.165, 1.54) is 19.2 Å². The molecule has 0 spiro atoms. The van der Waals surface area contributed by atoms with Crippen LogP contribution in [0.2, 0.25) is 0 Å². The second kappa shape index (κ2) is 9.80. The molecule has 0 saturated carbocycles. The Hall–Kier alpha value is -2.38. The van der Waals surface area contributed by atoms with Gasteiger partial charge in [-0.25, -0.2) is 0 Å². The first-order valence-corrected chi connectivity index (χ1v) is 7.96. The Labute approximate surface area is 144 Å². The molecule has 25 heavy (non-hydrogen) atoms. The predicted molar refractivity (Wildman–Crippen MR) is 86.8 cm³/mol. The fraction of sp³-hybridized carbons (Fsp3) is 0.471. The summed E-state index contributed by atoms with van der Waals surface area (Å²) >= 11 is 0. The number of hydrogen-bond acceptors (Lipinski definition) is 3. The van der Waals surface area contributed by atoms with Crippen LogP contribution in [0, 0.1) is 0 Å². The van der Waals surface area contributed by atoms with Gasteiger partial charge in [0.2, 0.25) is 11.7 Å². The van der Waals surface area contributed by atoms with E-state index in [2.05, 4.69) is 10.6 Å². The van der Waals surface area contributed by atoms with Gasteiger partial charge in [0.15, 0.2) is 0 Å². The highest BCUT2D eigenvalue weighted by Crippen LogP contribution is 2.29. The van der Waals surface area contributed by atoms with Crippen molar-refractivity contribution >= 4 is 23.3 Å². The van der Waals surface area contributed by atoms with E-state index >= 15 is 0 Å². The van der Waals surface area contributed by atoms with E-state index in [1.807, 2.05) is 0 Å². The van der Waals surface area contributed by atoms with Crippen molar-refractivity contribution in [2.75, 3.05) is 12.4 Å². The highest BCUT2D eigenvalue weighted by molar-refractivity contribution is 6.36. The normalized spacial score (nSPS) is 11.0. The van der Waals surface area contributed by atoms with E-state index in [4.69, 9.17) is 0 Å². The van der Waals surface area contributed by atoms with Crippen LogP contribution in [0.25, 0.3) is 0 Å². The zero-order valence-electron chi connectivity index (χ0n) is 13.9. The van der Waals surface area contributed by atoms with Crippen molar-refractivity contribution in [2.24, 2.45) is 0 Å². The second-order valence-electron chi connectivity index (χ2n) is 5.54. The molecule has 0 aliphatic carbocycles. The van der Waals surface area contributed by atoms with Crippen LogP contribution >= 0.6 is 0 Å². The Morgan fingerprint density at radius 3 is 2.00 bits per heavy atom. The van der Waals surface area contributed by atoms with Crippen molar-refractivity contribution in [3.05, 3.63) is 29.8 Å². The van der Waals surface area contributed by atoms with Gasteiger partial charge in [-0.3, -0.25) is 14.4 Å². The number of ketones is 1. The molecule has 2 N–H and O–H groups in total. The number of nitrogens with one attached hydrogen (secondary N) is 2. The lowest BCUT2D eigenvalue weighted by atomic mass is 10.1. The number of likely N-dealkylation sites (N-methyl/N-ethyl adjacent to an activating group) is 1. The van der Waals surface area contributed by atoms with Gasteiger partial charge in [0.25, 0.3) is 5.91 Å². The molecule has 0 radical (unpaired) electrons. The van der Waals surface area contributed by atoms with Crippen LogP contribution in [-0.2, 0) is 20.6 Å². The summed E-state index contributed by atoms with van der Waals surface area (Å²) in [5, 5.41) is 4.80. The molecule has 138 valence electrons. The lowest BCUT2D eigenvalue weighted by Gasteiger charge is -2.08. The first-order valence-electron chi connectivity index (χ1n) is 7.96. The number of hydrogen-bond donors (Lipinski definition) is 2. The second-order valence-corrected chi connectivity index (χ2v) is 5.54. The monoisotopic (exact) mass is 358 g/mol. The molecule has 0 heterocycles. The maximum Gasteiger partial charge on any atom is 0.416 e. The molecule has 0 bridgehead atoms. The molecule has 8 heteroatoms. The number of benzene rings is 1. The van der Waals surface area contributed by atoms with Gasteiger partial charge < -0.3 is 10.6 Å². The van der Waals surface area contributed by atoms with E-state index < -0.39 is 23.4 Å². The van der Waals surface area contributed by atoms with Crippen molar-refractivity contribution in [1.29, 1.82) is 0 Å². The minimum Gasteiger partial charge on any atom is -0.353 e. The average molecular weight is 358 g/mol. The van der Waals surface area contributed by atoms with Crippen LogP contribution < -0.4 is 10.6 Å². The van der Waals surface area contributed by atoms with E-state index in [1.54, 1.807) is 0 Å². The summed E-state index contributed by atoms with van der Waals surface area (Å²) in [5.74, 6) is -1.33. The first-order chi connectivity index (χ1) is 11.7. The van der Waals surface area contributed by atoms with Crippen LogP contribution in [0.4, 0.5) is 18.9 Å². The lowest BCUT2D eigenvalue weighted by Crippen LogP contribution is -2.27. The number of carbonyl (C=O) groups is 3. The number of halogens is 3. The summed E-state index contributed by atoms with van der Waals surface area (Å²) in [6, 6.07) is 4.26. The van der Waals surface area contributed by atoms with Gasteiger partial charge in [-0.05, 0) is 37.1 Å². The Morgan fingerprint density at radius 1 is 0.920 bits per heavy atom. The smallest absolute Gasteiger partial charge is 0.353 e. The van der Waals surface area contributed by atoms with Crippen LogP contribution in [0.1, 0.15) is 44.1 Å². The minimum absolute atomic E-state index is 0.178. The van der Waals surface area contributed by atoms with Crippen molar-refractivity contribution in [1.82, 2.24) is 5.32 Å².